The molecule has 0 aliphatic heterocycles. The Morgan fingerprint density at radius 2 is 0.473 bits per heavy atom. The highest BCUT2D eigenvalue weighted by Crippen LogP contribution is 2.43. The monoisotopic (exact) mass is 946 g/mol. The van der Waals surface area contributed by atoms with E-state index in [1.54, 1.807) is 14.2 Å². The maximum absolute atomic E-state index is 5.75. The molecule has 4 nitrogen and oxygen atoms in total. The lowest BCUT2D eigenvalue weighted by Crippen LogP contribution is -1.98. The lowest BCUT2D eigenvalue weighted by molar-refractivity contribution is 0.414. The largest absolute Gasteiger partial charge is 0.497 e. The topological polar surface area (TPSA) is 28.3 Å². The SMILES string of the molecule is COc1ccc(-n2c3ccc4cc5ccccc5c(c4c3)c3c4ccccc4cc4ccc(cc43)n(-c3ccc(OC)cc3)c3ccc4cc5ccccc5c(c4c3)c3c4ccccc4cc4ccc2cc43)cc1. The Morgan fingerprint density at radius 3 is 0.730 bits per heavy atom. The van der Waals surface area contributed by atoms with Crippen LogP contribution in [0.15, 0.2) is 243 Å². The number of nitrogens with zero attached hydrogens (tertiary/aromatic N) is 2. The standard InChI is InChI=1S/C70H46N2O2/c1-73-57-31-27-51(28-32-57)71-53-23-19-47-35-43-11-3-7-15-59(43)67(63(47)39-53)69-61-17-9-5-13-45(61)37-49-21-25-55(41-65(49)69)72(52-29-33-58(74-2)34-30-52)56-26-22-50-38-46-14-6-10-18-62(46)70(66(50)42-56)68-60-16-8-4-12-44(60)36-48-20-24-54(71)40-64(48)68/h3-42H,1-2H3. The second-order valence-corrected chi connectivity index (χ2v) is 19.6. The molecule has 0 radical (unpaired) electrons. The summed E-state index contributed by atoms with van der Waals surface area (Å²) >= 11 is 0. The van der Waals surface area contributed by atoms with Crippen molar-refractivity contribution in [2.24, 2.45) is 0 Å². The molecular weight excluding hydrogens is 901 g/mol. The molecule has 0 atom stereocenters. The van der Waals surface area contributed by atoms with Crippen molar-refractivity contribution < 1.29 is 9.47 Å². The second-order valence-electron chi connectivity index (χ2n) is 19.6. The van der Waals surface area contributed by atoms with Crippen molar-refractivity contribution in [2.75, 3.05) is 14.2 Å². The van der Waals surface area contributed by atoms with Gasteiger partial charge in [-0.1, -0.05) is 121 Å². The van der Waals surface area contributed by atoms with Crippen LogP contribution in [0.25, 0.3) is 141 Å². The number of ether oxygens (including phenoxy) is 2. The summed E-state index contributed by atoms with van der Waals surface area (Å²) in [6.07, 6.45) is 0. The second kappa shape index (κ2) is 16.5. The van der Waals surface area contributed by atoms with Crippen molar-refractivity contribution in [3.05, 3.63) is 243 Å². The van der Waals surface area contributed by atoms with Crippen molar-refractivity contribution in [3.63, 3.8) is 0 Å². The fraction of sp³-hybridized carbons (Fsp3) is 0.0286. The molecule has 348 valence electrons. The molecule has 74 heavy (non-hydrogen) atoms. The van der Waals surface area contributed by atoms with Gasteiger partial charge in [0.05, 0.1) is 14.2 Å². The lowest BCUT2D eigenvalue weighted by atomic mass is 9.91. The van der Waals surface area contributed by atoms with Crippen LogP contribution in [0, 0.1) is 0 Å². The van der Waals surface area contributed by atoms with Crippen LogP contribution in [0.3, 0.4) is 0 Å². The first-order valence-corrected chi connectivity index (χ1v) is 25.3. The highest BCUT2D eigenvalue weighted by atomic mass is 16.5. The average molecular weight is 947 g/mol. The van der Waals surface area contributed by atoms with Crippen LogP contribution in [0.4, 0.5) is 0 Å². The van der Waals surface area contributed by atoms with Crippen molar-refractivity contribution in [1.29, 1.82) is 0 Å². The zero-order chi connectivity index (χ0) is 49.0. The van der Waals surface area contributed by atoms with E-state index in [4.69, 9.17) is 9.47 Å². The molecule has 0 unspecified atom stereocenters. The molecule has 14 aromatic carbocycles. The van der Waals surface area contributed by atoms with Gasteiger partial charge in [-0.3, -0.25) is 0 Å². The third-order valence-electron chi connectivity index (χ3n) is 15.6. The number of rotatable bonds is 4. The average Bonchev–Trinajstić information content (AvgIpc) is 3.46. The van der Waals surface area contributed by atoms with E-state index in [9.17, 15) is 0 Å². The zero-order valence-electron chi connectivity index (χ0n) is 40.8. The Balaban J connectivity index is 1.28. The number of methoxy groups -OCH3 is 2. The van der Waals surface area contributed by atoms with Crippen molar-refractivity contribution in [2.45, 2.75) is 0 Å². The maximum atomic E-state index is 5.75. The Bertz CT molecular complexity index is 4390. The Hall–Kier alpha value is -9.64. The first kappa shape index (κ1) is 42.1. The predicted octanol–water partition coefficient (Wildman–Crippen LogP) is 18.8. The molecule has 15 aromatic rings. The minimum atomic E-state index is 0.810. The van der Waals surface area contributed by atoms with Gasteiger partial charge >= 0.3 is 0 Å². The van der Waals surface area contributed by atoms with E-state index in [1.165, 1.54) is 108 Å². The summed E-state index contributed by atoms with van der Waals surface area (Å²) in [4.78, 5) is 0. The van der Waals surface area contributed by atoms with Gasteiger partial charge in [0.25, 0.3) is 0 Å². The smallest absolute Gasteiger partial charge is 0.119 e. The number of hydrogen-bond donors (Lipinski definition) is 0. The first-order chi connectivity index (χ1) is 36.6. The molecule has 0 aliphatic rings. The Kier molecular flexibility index (Phi) is 9.36. The molecule has 0 N–H and O–H groups in total. The predicted molar refractivity (Wildman–Crippen MR) is 315 cm³/mol. The number of benzene rings is 14. The van der Waals surface area contributed by atoms with Gasteiger partial charge in [0.15, 0.2) is 0 Å². The van der Waals surface area contributed by atoms with Crippen LogP contribution in [-0.2, 0) is 0 Å². The van der Waals surface area contributed by atoms with Crippen molar-refractivity contribution in [3.8, 4) is 22.9 Å². The summed E-state index contributed by atoms with van der Waals surface area (Å²) < 4.78 is 16.4. The molecule has 0 aliphatic carbocycles. The van der Waals surface area contributed by atoms with Gasteiger partial charge in [-0.15, -0.1) is 0 Å². The molecule has 0 amide bonds. The summed E-state index contributed by atoms with van der Waals surface area (Å²) in [5.74, 6) is 1.62. The van der Waals surface area contributed by atoms with Gasteiger partial charge in [0, 0.05) is 33.4 Å². The van der Waals surface area contributed by atoms with Crippen LogP contribution in [0.5, 0.6) is 11.5 Å². The minimum Gasteiger partial charge on any atom is -0.497 e. The third kappa shape index (κ3) is 6.48. The molecule has 0 saturated heterocycles. The molecule has 0 saturated carbocycles. The fourth-order valence-electron chi connectivity index (χ4n) is 12.2. The van der Waals surface area contributed by atoms with Crippen LogP contribution >= 0.6 is 0 Å². The van der Waals surface area contributed by atoms with E-state index in [2.05, 4.69) is 252 Å². The zero-order valence-corrected chi connectivity index (χ0v) is 40.8. The number of aromatic nitrogens is 2. The van der Waals surface area contributed by atoms with Gasteiger partial charge in [-0.25, -0.2) is 0 Å². The molecule has 15 rings (SSSR count). The maximum Gasteiger partial charge on any atom is 0.119 e. The third-order valence-corrected chi connectivity index (χ3v) is 15.6. The minimum absolute atomic E-state index is 0.810. The highest BCUT2D eigenvalue weighted by molar-refractivity contribution is 6.34. The summed E-state index contributed by atoms with van der Waals surface area (Å²) in [6, 6.07) is 90.1. The number of hydrogen-bond acceptors (Lipinski definition) is 2. The molecule has 0 spiro atoms. The van der Waals surface area contributed by atoms with Gasteiger partial charge in [-0.2, -0.15) is 0 Å². The normalized spacial score (nSPS) is 11.9. The van der Waals surface area contributed by atoms with Crippen molar-refractivity contribution in [1.82, 2.24) is 9.13 Å². The highest BCUT2D eigenvalue weighted by Gasteiger charge is 2.17. The molecule has 1 aromatic heterocycles. The van der Waals surface area contributed by atoms with Crippen LogP contribution in [0.1, 0.15) is 0 Å². The van der Waals surface area contributed by atoms with Crippen LogP contribution in [0.2, 0.25) is 0 Å². The molecule has 1 heterocycles. The molecule has 8 bridgehead atoms. The van der Waals surface area contributed by atoms with E-state index in [0.29, 0.717) is 0 Å². The molecular formula is C70H46N2O2. The number of fused-ring (bicyclic) bond motifs is 14. The quantitative estimate of drug-likeness (QED) is 0.165. The molecule has 0 fully saturated rings. The van der Waals surface area contributed by atoms with E-state index in [0.717, 1.165) is 44.9 Å². The van der Waals surface area contributed by atoms with Crippen LogP contribution < -0.4 is 9.47 Å². The van der Waals surface area contributed by atoms with E-state index in [-0.39, 0.29) is 0 Å². The summed E-state index contributed by atoms with van der Waals surface area (Å²) in [5.41, 5.74) is 6.28. The summed E-state index contributed by atoms with van der Waals surface area (Å²) in [5, 5.41) is 23.8. The molecule has 4 heteroatoms. The fourth-order valence-corrected chi connectivity index (χ4v) is 12.2. The van der Waals surface area contributed by atoms with Gasteiger partial charge < -0.3 is 18.6 Å². The van der Waals surface area contributed by atoms with E-state index < -0.39 is 0 Å². The van der Waals surface area contributed by atoms with Gasteiger partial charge in [0.1, 0.15) is 11.5 Å². The lowest BCUT2D eigenvalue weighted by Gasteiger charge is -2.17. The van der Waals surface area contributed by atoms with E-state index in [1.807, 2.05) is 0 Å². The van der Waals surface area contributed by atoms with Gasteiger partial charge in [0.2, 0.25) is 0 Å². The van der Waals surface area contributed by atoms with Crippen molar-refractivity contribution >= 4 is 130 Å². The summed E-state index contributed by atoms with van der Waals surface area (Å²) in [7, 11) is 3.46. The van der Waals surface area contributed by atoms with Gasteiger partial charge in [-0.05, 0) is 229 Å². The van der Waals surface area contributed by atoms with Crippen LogP contribution in [-0.4, -0.2) is 23.4 Å². The Morgan fingerprint density at radius 1 is 0.230 bits per heavy atom. The van der Waals surface area contributed by atoms with E-state index >= 15 is 0 Å². The first-order valence-electron chi connectivity index (χ1n) is 25.3. The summed E-state index contributed by atoms with van der Waals surface area (Å²) in [6.45, 7) is 0. The Labute approximate surface area is 426 Å².